The Bertz CT molecular complexity index is 659. The van der Waals surface area contributed by atoms with Crippen LogP contribution in [-0.2, 0) is 17.0 Å². The largest absolute Gasteiger partial charge is 0.385 e. The van der Waals surface area contributed by atoms with Crippen molar-refractivity contribution in [3.8, 4) is 0 Å². The lowest BCUT2D eigenvalue weighted by Crippen LogP contribution is -2.18. The second-order valence-corrected chi connectivity index (χ2v) is 6.19. The van der Waals surface area contributed by atoms with Gasteiger partial charge in [0.1, 0.15) is 5.82 Å². The van der Waals surface area contributed by atoms with Crippen LogP contribution >= 0.6 is 27.7 Å². The van der Waals surface area contributed by atoms with Gasteiger partial charge >= 0.3 is 5.69 Å². The van der Waals surface area contributed by atoms with Crippen LogP contribution in [0.4, 0.5) is 4.39 Å². The molecule has 0 aliphatic heterocycles. The highest BCUT2D eigenvalue weighted by molar-refractivity contribution is 9.10. The van der Waals surface area contributed by atoms with E-state index in [-0.39, 0.29) is 11.5 Å². The van der Waals surface area contributed by atoms with Gasteiger partial charge in [-0.15, -0.1) is 5.10 Å². The maximum atomic E-state index is 13.7. The molecule has 1 N–H and O–H groups in total. The lowest BCUT2D eigenvalue weighted by Gasteiger charge is -2.06. The van der Waals surface area contributed by atoms with Gasteiger partial charge in [-0.2, -0.15) is 0 Å². The number of nitrogens with zero attached hydrogens (tertiary/aromatic N) is 2. The second-order valence-electron chi connectivity index (χ2n) is 4.33. The van der Waals surface area contributed by atoms with Crippen LogP contribution < -0.4 is 5.69 Å². The number of aromatic amines is 1. The number of ether oxygens (including phenoxy) is 1. The molecule has 8 heteroatoms. The Balaban J connectivity index is 2.06. The third kappa shape index (κ3) is 4.42. The first kappa shape index (κ1) is 16.3. The van der Waals surface area contributed by atoms with Gasteiger partial charge < -0.3 is 4.74 Å². The number of halogens is 2. The van der Waals surface area contributed by atoms with Crippen molar-refractivity contribution in [2.75, 3.05) is 13.7 Å². The van der Waals surface area contributed by atoms with Crippen molar-refractivity contribution >= 4 is 27.7 Å². The van der Waals surface area contributed by atoms with Crippen LogP contribution in [0.5, 0.6) is 0 Å². The van der Waals surface area contributed by atoms with Gasteiger partial charge in [-0.05, 0) is 30.2 Å². The molecule has 0 unspecified atom stereocenters. The average molecular weight is 376 g/mol. The van der Waals surface area contributed by atoms with Crippen molar-refractivity contribution in [3.05, 3.63) is 44.5 Å². The topological polar surface area (TPSA) is 59.9 Å². The Morgan fingerprint density at radius 1 is 1.52 bits per heavy atom. The van der Waals surface area contributed by atoms with Gasteiger partial charge in [-0.25, -0.2) is 14.3 Å². The number of thioether (sulfide) groups is 1. The van der Waals surface area contributed by atoms with E-state index >= 15 is 0 Å². The van der Waals surface area contributed by atoms with E-state index in [0.717, 1.165) is 10.9 Å². The summed E-state index contributed by atoms with van der Waals surface area (Å²) >= 11 is 4.64. The molecule has 2 aromatic rings. The fourth-order valence-corrected chi connectivity index (χ4v) is 3.13. The van der Waals surface area contributed by atoms with E-state index in [1.54, 1.807) is 23.8 Å². The summed E-state index contributed by atoms with van der Waals surface area (Å²) in [5.74, 6) is 0.134. The van der Waals surface area contributed by atoms with Crippen molar-refractivity contribution in [2.45, 2.75) is 23.9 Å². The summed E-state index contributed by atoms with van der Waals surface area (Å²) in [4.78, 5) is 11.7. The molecule has 0 saturated carbocycles. The molecule has 0 amide bonds. The first-order valence-electron chi connectivity index (χ1n) is 6.32. The molecule has 2 rings (SSSR count). The summed E-state index contributed by atoms with van der Waals surface area (Å²) in [6, 6.07) is 4.79. The Kier molecular flexibility index (Phi) is 6.01. The molecule has 114 valence electrons. The Morgan fingerprint density at radius 2 is 2.33 bits per heavy atom. The fraction of sp³-hybridized carbons (Fsp3) is 0.385. The van der Waals surface area contributed by atoms with Crippen LogP contribution in [-0.4, -0.2) is 28.5 Å². The van der Waals surface area contributed by atoms with Crippen LogP contribution in [0.2, 0.25) is 0 Å². The molecule has 21 heavy (non-hydrogen) atoms. The van der Waals surface area contributed by atoms with Crippen LogP contribution in [0.25, 0.3) is 0 Å². The first-order chi connectivity index (χ1) is 10.1. The zero-order valence-electron chi connectivity index (χ0n) is 11.4. The lowest BCUT2D eigenvalue weighted by molar-refractivity contribution is 0.189. The number of rotatable bonds is 7. The van der Waals surface area contributed by atoms with E-state index in [0.29, 0.717) is 29.6 Å². The molecular formula is C13H15BrFN3O2S. The minimum absolute atomic E-state index is 0.261. The molecule has 0 bridgehead atoms. The van der Waals surface area contributed by atoms with E-state index in [1.807, 2.05) is 0 Å². The van der Waals surface area contributed by atoms with Crippen molar-refractivity contribution in [3.63, 3.8) is 0 Å². The Morgan fingerprint density at radius 3 is 3.10 bits per heavy atom. The fourth-order valence-electron chi connectivity index (χ4n) is 1.77. The Hall–Kier alpha value is -1.12. The van der Waals surface area contributed by atoms with Crippen LogP contribution in [0.15, 0.2) is 32.6 Å². The molecule has 0 aliphatic carbocycles. The summed E-state index contributed by atoms with van der Waals surface area (Å²) in [5, 5.41) is 6.95. The summed E-state index contributed by atoms with van der Waals surface area (Å²) in [5.41, 5.74) is 0.302. The maximum absolute atomic E-state index is 13.7. The number of H-pyrrole nitrogens is 1. The summed E-state index contributed by atoms with van der Waals surface area (Å²) in [6.45, 7) is 1.09. The standard InChI is InChI=1S/C13H15BrFN3O2S/c1-20-6-2-5-18-12(19)16-17-13(18)21-8-9-7-10(14)3-4-11(9)15/h3-4,7H,2,5-6,8H2,1H3,(H,16,19). The Labute approximate surface area is 134 Å². The third-order valence-electron chi connectivity index (χ3n) is 2.82. The minimum atomic E-state index is -0.269. The zero-order chi connectivity index (χ0) is 15.2. The number of benzene rings is 1. The van der Waals surface area contributed by atoms with Crippen LogP contribution in [0.3, 0.4) is 0 Å². The van der Waals surface area contributed by atoms with Crippen molar-refractivity contribution in [2.24, 2.45) is 0 Å². The summed E-state index contributed by atoms with van der Waals surface area (Å²) in [7, 11) is 1.61. The molecule has 1 aromatic heterocycles. The normalized spacial score (nSPS) is 11.0. The third-order valence-corrected chi connectivity index (χ3v) is 4.34. The van der Waals surface area contributed by atoms with Gasteiger partial charge in [0.25, 0.3) is 0 Å². The predicted molar refractivity (Wildman–Crippen MR) is 83.0 cm³/mol. The molecule has 0 fully saturated rings. The summed E-state index contributed by atoms with van der Waals surface area (Å²) in [6.07, 6.45) is 0.717. The molecule has 0 spiro atoms. The van der Waals surface area contributed by atoms with E-state index in [1.165, 1.54) is 17.8 Å². The second kappa shape index (κ2) is 7.77. The van der Waals surface area contributed by atoms with Crippen LogP contribution in [0.1, 0.15) is 12.0 Å². The van der Waals surface area contributed by atoms with Gasteiger partial charge in [0, 0.05) is 30.5 Å². The van der Waals surface area contributed by atoms with Crippen LogP contribution in [0, 0.1) is 5.82 Å². The van der Waals surface area contributed by atoms with E-state index in [9.17, 15) is 9.18 Å². The molecule has 1 aromatic carbocycles. The van der Waals surface area contributed by atoms with Gasteiger partial charge in [0.2, 0.25) is 0 Å². The summed E-state index contributed by atoms with van der Waals surface area (Å²) < 4.78 is 21.0. The lowest BCUT2D eigenvalue weighted by atomic mass is 10.2. The van der Waals surface area contributed by atoms with Gasteiger partial charge in [-0.3, -0.25) is 4.57 Å². The number of hydrogen-bond acceptors (Lipinski definition) is 4. The predicted octanol–water partition coefficient (Wildman–Crippen LogP) is 2.80. The molecule has 0 radical (unpaired) electrons. The van der Waals surface area contributed by atoms with Crippen molar-refractivity contribution in [1.29, 1.82) is 0 Å². The quantitative estimate of drug-likeness (QED) is 0.597. The van der Waals surface area contributed by atoms with Gasteiger partial charge in [-0.1, -0.05) is 27.7 Å². The van der Waals surface area contributed by atoms with E-state index < -0.39 is 0 Å². The average Bonchev–Trinajstić information content (AvgIpc) is 2.81. The molecule has 1 heterocycles. The smallest absolute Gasteiger partial charge is 0.343 e. The monoisotopic (exact) mass is 375 g/mol. The highest BCUT2D eigenvalue weighted by Gasteiger charge is 2.10. The highest BCUT2D eigenvalue weighted by atomic mass is 79.9. The number of methoxy groups -OCH3 is 1. The number of hydrogen-bond donors (Lipinski definition) is 1. The SMILES string of the molecule is COCCCn1c(SCc2cc(Br)ccc2F)n[nH]c1=O. The van der Waals surface area contributed by atoms with Gasteiger partial charge in [0.15, 0.2) is 5.16 Å². The molecular weight excluding hydrogens is 361 g/mol. The van der Waals surface area contributed by atoms with Crippen molar-refractivity contribution in [1.82, 2.24) is 14.8 Å². The molecule has 0 saturated heterocycles. The first-order valence-corrected chi connectivity index (χ1v) is 8.10. The molecule has 0 aliphatic rings. The number of nitrogens with one attached hydrogen (secondary N) is 1. The van der Waals surface area contributed by atoms with Crippen molar-refractivity contribution < 1.29 is 9.13 Å². The molecule has 5 nitrogen and oxygen atoms in total. The molecule has 0 atom stereocenters. The highest BCUT2D eigenvalue weighted by Crippen LogP contribution is 2.24. The van der Waals surface area contributed by atoms with E-state index in [4.69, 9.17) is 4.74 Å². The van der Waals surface area contributed by atoms with Gasteiger partial charge in [0.05, 0.1) is 0 Å². The zero-order valence-corrected chi connectivity index (χ0v) is 13.8. The maximum Gasteiger partial charge on any atom is 0.343 e. The number of aromatic nitrogens is 3. The minimum Gasteiger partial charge on any atom is -0.385 e. The van der Waals surface area contributed by atoms with E-state index in [2.05, 4.69) is 26.1 Å².